The zero-order chi connectivity index (χ0) is 24.6. The van der Waals surface area contributed by atoms with E-state index in [-0.39, 0.29) is 22.2 Å². The molecule has 0 heterocycles. The minimum Gasteiger partial charge on any atom is -0.465 e. The molecule has 2 fully saturated rings. The predicted octanol–water partition coefficient (Wildman–Crippen LogP) is 7.79. The highest BCUT2D eigenvalue weighted by molar-refractivity contribution is 6.20. The van der Waals surface area contributed by atoms with E-state index >= 15 is 0 Å². The lowest BCUT2D eigenvalue weighted by Crippen LogP contribution is -2.49. The molecule has 4 aliphatic rings. The number of rotatable bonds is 3. The van der Waals surface area contributed by atoms with Crippen molar-refractivity contribution in [2.75, 3.05) is 7.11 Å². The molecule has 184 valence electrons. The first-order valence-electron chi connectivity index (χ1n) is 13.7. The Hall–Kier alpha value is -2.35. The first kappa shape index (κ1) is 23.1. The number of carbonyl (C=O) groups excluding carboxylic acids is 1. The molecule has 4 atom stereocenters. The molecular weight excluding hydrogens is 428 g/mol. The largest absolute Gasteiger partial charge is 0.465 e. The van der Waals surface area contributed by atoms with E-state index < -0.39 is 0 Å². The third-order valence-electron chi connectivity index (χ3n) is 10.7. The second-order valence-electron chi connectivity index (χ2n) is 13.1. The maximum absolute atomic E-state index is 13.4. The summed E-state index contributed by atoms with van der Waals surface area (Å²) in [5.74, 6) is 0.492. The summed E-state index contributed by atoms with van der Waals surface area (Å²) >= 11 is 0. The van der Waals surface area contributed by atoms with Crippen LogP contribution in [0.15, 0.2) is 54.1 Å². The van der Waals surface area contributed by atoms with Gasteiger partial charge in [0.25, 0.3) is 0 Å². The van der Waals surface area contributed by atoms with E-state index in [4.69, 9.17) is 4.74 Å². The zero-order valence-electron chi connectivity index (χ0n) is 22.2. The Labute approximate surface area is 211 Å². The average molecular weight is 469 g/mol. The smallest absolute Gasteiger partial charge is 0.338 e. The quantitative estimate of drug-likeness (QED) is 0.430. The minimum atomic E-state index is -0.158. The first-order valence-corrected chi connectivity index (χ1v) is 13.7. The van der Waals surface area contributed by atoms with Crippen LogP contribution in [0, 0.1) is 16.7 Å². The Morgan fingerprint density at radius 2 is 1.57 bits per heavy atom. The van der Waals surface area contributed by atoms with Crippen molar-refractivity contribution >= 4 is 11.5 Å². The van der Waals surface area contributed by atoms with E-state index in [2.05, 4.69) is 76.2 Å². The number of hydrogen-bond acceptors (Lipinski definition) is 2. The number of fused-ring (bicyclic) bond motifs is 6. The van der Waals surface area contributed by atoms with Crippen molar-refractivity contribution < 1.29 is 9.53 Å². The van der Waals surface area contributed by atoms with E-state index in [0.717, 1.165) is 30.4 Å². The Morgan fingerprint density at radius 3 is 2.34 bits per heavy atom. The van der Waals surface area contributed by atoms with Crippen molar-refractivity contribution in [2.24, 2.45) is 16.7 Å². The van der Waals surface area contributed by atoms with Gasteiger partial charge in [-0.15, -0.1) is 0 Å². The summed E-state index contributed by atoms with van der Waals surface area (Å²) in [6.45, 7) is 9.91. The van der Waals surface area contributed by atoms with Crippen molar-refractivity contribution in [3.63, 3.8) is 0 Å². The van der Waals surface area contributed by atoms with Crippen LogP contribution in [0.4, 0.5) is 0 Å². The second-order valence-corrected chi connectivity index (χ2v) is 13.1. The summed E-state index contributed by atoms with van der Waals surface area (Å²) in [7, 11) is 1.54. The molecular formula is C33H40O2. The number of methoxy groups -OCH3 is 1. The van der Waals surface area contributed by atoms with Crippen molar-refractivity contribution in [1.29, 1.82) is 0 Å². The molecule has 2 saturated carbocycles. The lowest BCUT2D eigenvalue weighted by atomic mass is 9.48. The van der Waals surface area contributed by atoms with Crippen LogP contribution < -0.4 is 0 Å². The Bertz CT molecular complexity index is 1240. The third-order valence-corrected chi connectivity index (χ3v) is 10.7. The monoisotopic (exact) mass is 468 g/mol. The first-order chi connectivity index (χ1) is 16.7. The van der Waals surface area contributed by atoms with Crippen LogP contribution in [0.25, 0.3) is 5.57 Å². The Kier molecular flexibility index (Phi) is 4.99. The maximum atomic E-state index is 13.4. The van der Waals surface area contributed by atoms with E-state index in [1.165, 1.54) is 43.2 Å². The van der Waals surface area contributed by atoms with Gasteiger partial charge in [0.15, 0.2) is 0 Å². The molecule has 6 rings (SSSR count). The summed E-state index contributed by atoms with van der Waals surface area (Å²) < 4.78 is 5.45. The van der Waals surface area contributed by atoms with Crippen LogP contribution in [0.2, 0.25) is 0 Å². The van der Waals surface area contributed by atoms with Crippen molar-refractivity contribution in [1.82, 2.24) is 0 Å². The van der Waals surface area contributed by atoms with Gasteiger partial charge in [-0.2, -0.15) is 0 Å². The number of carbonyl (C=O) groups is 1. The van der Waals surface area contributed by atoms with Crippen LogP contribution >= 0.6 is 0 Å². The third kappa shape index (κ3) is 3.04. The minimum absolute atomic E-state index is 0.0430. The van der Waals surface area contributed by atoms with Crippen LogP contribution in [-0.2, 0) is 26.8 Å². The number of allylic oxidation sites excluding steroid dienone is 1. The van der Waals surface area contributed by atoms with Gasteiger partial charge in [-0.25, -0.2) is 4.79 Å². The number of hydrogen-bond donors (Lipinski definition) is 0. The van der Waals surface area contributed by atoms with Crippen molar-refractivity contribution in [3.05, 3.63) is 76.4 Å². The van der Waals surface area contributed by atoms with Crippen molar-refractivity contribution in [3.8, 4) is 0 Å². The molecule has 2 heteroatoms. The van der Waals surface area contributed by atoms with Gasteiger partial charge in [0.05, 0.1) is 12.7 Å². The molecule has 0 aliphatic heterocycles. The van der Waals surface area contributed by atoms with Crippen LogP contribution in [0.1, 0.15) is 94.9 Å². The maximum Gasteiger partial charge on any atom is 0.338 e. The van der Waals surface area contributed by atoms with Gasteiger partial charge in [-0.3, -0.25) is 0 Å². The summed E-state index contributed by atoms with van der Waals surface area (Å²) in [6, 6.07) is 17.9. The molecule has 2 aromatic rings. The van der Waals surface area contributed by atoms with E-state index in [9.17, 15) is 4.79 Å². The van der Waals surface area contributed by atoms with Gasteiger partial charge in [0.2, 0.25) is 0 Å². The van der Waals surface area contributed by atoms with Gasteiger partial charge in [0, 0.05) is 10.8 Å². The molecule has 0 amide bonds. The molecule has 4 aliphatic carbocycles. The number of esters is 1. The summed E-state index contributed by atoms with van der Waals surface area (Å²) in [5.41, 5.74) is 8.18. The highest BCUT2D eigenvalue weighted by atomic mass is 16.5. The fourth-order valence-corrected chi connectivity index (χ4v) is 9.56. The van der Waals surface area contributed by atoms with Gasteiger partial charge < -0.3 is 4.74 Å². The summed E-state index contributed by atoms with van der Waals surface area (Å²) in [4.78, 5) is 13.4. The second kappa shape index (κ2) is 7.58. The number of ether oxygens (including phenoxy) is 1. The van der Waals surface area contributed by atoms with Crippen molar-refractivity contribution in [2.45, 2.75) is 89.9 Å². The highest BCUT2D eigenvalue weighted by Gasteiger charge is 2.60. The average Bonchev–Trinajstić information content (AvgIpc) is 3.31. The van der Waals surface area contributed by atoms with Crippen LogP contribution in [-0.4, -0.2) is 13.1 Å². The molecule has 35 heavy (non-hydrogen) atoms. The predicted molar refractivity (Wildman–Crippen MR) is 142 cm³/mol. The highest BCUT2D eigenvalue weighted by Crippen LogP contribution is 2.67. The molecule has 4 unspecified atom stereocenters. The standard InChI is InChI=1S/C33H40O2/c1-30(2)16-10-19-33(24-14-8-6-12-22(24)20-26(30)33)21-31(3)17-11-18-32(4)25-15-9-7-13-23(25)27(28(31)32)29(34)35-5/h6-9,12-15,26H,10-11,16-21H2,1-5H3. The Morgan fingerprint density at radius 1 is 0.886 bits per heavy atom. The molecule has 0 N–H and O–H groups in total. The van der Waals surface area contributed by atoms with E-state index in [1.54, 1.807) is 18.2 Å². The number of benzene rings is 2. The zero-order valence-corrected chi connectivity index (χ0v) is 22.2. The molecule has 2 aromatic carbocycles. The Balaban J connectivity index is 1.56. The molecule has 0 radical (unpaired) electrons. The molecule has 0 bridgehead atoms. The van der Waals surface area contributed by atoms with E-state index in [0.29, 0.717) is 11.3 Å². The lowest BCUT2D eigenvalue weighted by Gasteiger charge is -2.55. The topological polar surface area (TPSA) is 26.3 Å². The fraction of sp³-hybridized carbons (Fsp3) is 0.545. The summed E-state index contributed by atoms with van der Waals surface area (Å²) in [6.07, 6.45) is 9.63. The SMILES string of the molecule is COC(=O)C1=C2C(C)(CC34CCCC(C)(C)C3Cc3ccccc34)CCCC2(C)c2ccccc21. The van der Waals surface area contributed by atoms with Gasteiger partial charge in [-0.05, 0) is 83.1 Å². The van der Waals surface area contributed by atoms with Gasteiger partial charge in [0.1, 0.15) is 0 Å². The molecule has 0 saturated heterocycles. The van der Waals surface area contributed by atoms with Gasteiger partial charge in [-0.1, -0.05) is 89.1 Å². The molecule has 0 aromatic heterocycles. The van der Waals surface area contributed by atoms with E-state index in [1.807, 2.05) is 0 Å². The van der Waals surface area contributed by atoms with Crippen LogP contribution in [0.3, 0.4) is 0 Å². The lowest BCUT2D eigenvalue weighted by molar-refractivity contribution is -0.133. The summed E-state index contributed by atoms with van der Waals surface area (Å²) in [5, 5.41) is 0. The molecule has 0 spiro atoms. The molecule has 2 nitrogen and oxygen atoms in total. The normalized spacial score (nSPS) is 34.6. The van der Waals surface area contributed by atoms with Gasteiger partial charge >= 0.3 is 5.97 Å². The fourth-order valence-electron chi connectivity index (χ4n) is 9.56. The van der Waals surface area contributed by atoms with Crippen LogP contribution in [0.5, 0.6) is 0 Å².